The Balaban J connectivity index is 1.82. The van der Waals surface area contributed by atoms with Crippen LogP contribution in [0.25, 0.3) is 0 Å². The van der Waals surface area contributed by atoms with Crippen LogP contribution in [0.5, 0.6) is 0 Å². The van der Waals surface area contributed by atoms with Gasteiger partial charge in [0, 0.05) is 11.7 Å². The number of benzene rings is 1. The van der Waals surface area contributed by atoms with Gasteiger partial charge in [-0.15, -0.1) is 0 Å². The lowest BCUT2D eigenvalue weighted by atomic mass is 10.1. The van der Waals surface area contributed by atoms with Gasteiger partial charge in [0.2, 0.25) is 0 Å². The minimum absolute atomic E-state index is 0.230. The van der Waals surface area contributed by atoms with Gasteiger partial charge in [0.1, 0.15) is 0 Å². The number of anilines is 1. The number of esters is 1. The Labute approximate surface area is 137 Å². The van der Waals surface area contributed by atoms with Crippen LogP contribution >= 0.6 is 12.2 Å². The molecule has 22 heavy (non-hydrogen) atoms. The molecular weight excluding hydrogens is 296 g/mol. The van der Waals surface area contributed by atoms with E-state index < -0.39 is 0 Å². The van der Waals surface area contributed by atoms with Crippen LogP contribution in [0.3, 0.4) is 0 Å². The Morgan fingerprint density at radius 3 is 2.41 bits per heavy atom. The van der Waals surface area contributed by atoms with Crippen molar-refractivity contribution in [1.82, 2.24) is 5.32 Å². The summed E-state index contributed by atoms with van der Waals surface area (Å²) in [4.78, 5) is 11.2. The maximum Gasteiger partial charge on any atom is 0.309 e. The van der Waals surface area contributed by atoms with Crippen molar-refractivity contribution in [3.63, 3.8) is 0 Å². The Morgan fingerprint density at radius 1 is 1.18 bits per heavy atom. The van der Waals surface area contributed by atoms with Crippen LogP contribution in [0.15, 0.2) is 24.3 Å². The predicted octanol–water partition coefficient (Wildman–Crippen LogP) is 3.41. The molecule has 0 radical (unpaired) electrons. The third-order valence-corrected chi connectivity index (χ3v) is 4.20. The molecule has 1 saturated carbocycles. The number of methoxy groups -OCH3 is 1. The summed E-state index contributed by atoms with van der Waals surface area (Å²) >= 11 is 5.39. The molecule has 4 nitrogen and oxygen atoms in total. The molecular formula is C17H24N2O2S. The van der Waals surface area contributed by atoms with Crippen LogP contribution in [-0.2, 0) is 16.0 Å². The zero-order valence-electron chi connectivity index (χ0n) is 13.1. The average molecular weight is 320 g/mol. The lowest BCUT2D eigenvalue weighted by Gasteiger charge is -2.19. The number of thiocarbonyl (C=S) groups is 1. The molecule has 1 aromatic rings. The third-order valence-electron chi connectivity index (χ3n) is 3.98. The van der Waals surface area contributed by atoms with Gasteiger partial charge in [-0.3, -0.25) is 4.79 Å². The normalized spacial score (nSPS) is 15.7. The van der Waals surface area contributed by atoms with E-state index in [0.717, 1.165) is 11.3 Å². The highest BCUT2D eigenvalue weighted by Gasteiger charge is 2.13. The molecule has 0 aliphatic heterocycles. The van der Waals surface area contributed by atoms with E-state index in [1.54, 1.807) is 0 Å². The molecule has 0 atom stereocenters. The first-order valence-electron chi connectivity index (χ1n) is 7.90. The third kappa shape index (κ3) is 5.64. The van der Waals surface area contributed by atoms with Crippen molar-refractivity contribution in [2.75, 3.05) is 12.4 Å². The summed E-state index contributed by atoms with van der Waals surface area (Å²) in [5, 5.41) is 7.29. The van der Waals surface area contributed by atoms with E-state index >= 15 is 0 Å². The summed E-state index contributed by atoms with van der Waals surface area (Å²) < 4.78 is 4.66. The smallest absolute Gasteiger partial charge is 0.309 e. The van der Waals surface area contributed by atoms with Crippen LogP contribution in [0.2, 0.25) is 0 Å². The minimum atomic E-state index is -0.230. The van der Waals surface area contributed by atoms with Crippen molar-refractivity contribution < 1.29 is 9.53 Å². The molecule has 0 heterocycles. The van der Waals surface area contributed by atoms with Gasteiger partial charge in [-0.1, -0.05) is 37.8 Å². The second-order valence-corrected chi connectivity index (χ2v) is 6.15. The zero-order valence-corrected chi connectivity index (χ0v) is 13.9. The standard InChI is InChI=1S/C17H24N2O2S/c1-21-16(20)12-13-8-10-15(11-9-13)19-17(22)18-14-6-4-2-3-5-7-14/h8-11,14H,2-7,12H2,1H3,(H2,18,19,22). The number of carbonyl (C=O) groups is 1. The van der Waals surface area contributed by atoms with Crippen molar-refractivity contribution in [3.8, 4) is 0 Å². The maximum absolute atomic E-state index is 11.2. The highest BCUT2D eigenvalue weighted by atomic mass is 32.1. The molecule has 1 aromatic carbocycles. The molecule has 2 N–H and O–H groups in total. The molecule has 5 heteroatoms. The van der Waals surface area contributed by atoms with Gasteiger partial charge in [-0.2, -0.15) is 0 Å². The molecule has 0 unspecified atom stereocenters. The van der Waals surface area contributed by atoms with E-state index in [1.807, 2.05) is 24.3 Å². The molecule has 2 rings (SSSR count). The van der Waals surface area contributed by atoms with Crippen LogP contribution in [0.4, 0.5) is 5.69 Å². The van der Waals surface area contributed by atoms with Gasteiger partial charge >= 0.3 is 5.97 Å². The van der Waals surface area contributed by atoms with Crippen LogP contribution in [0, 0.1) is 0 Å². The first-order valence-corrected chi connectivity index (χ1v) is 8.31. The van der Waals surface area contributed by atoms with Gasteiger partial charge < -0.3 is 15.4 Å². The Hall–Kier alpha value is -1.62. The first-order chi connectivity index (χ1) is 10.7. The molecule has 1 aliphatic carbocycles. The summed E-state index contributed by atoms with van der Waals surface area (Å²) in [7, 11) is 1.40. The summed E-state index contributed by atoms with van der Waals surface area (Å²) in [5.41, 5.74) is 1.86. The topological polar surface area (TPSA) is 50.4 Å². The largest absolute Gasteiger partial charge is 0.469 e. The van der Waals surface area contributed by atoms with E-state index in [1.165, 1.54) is 45.6 Å². The van der Waals surface area contributed by atoms with Gasteiger partial charge in [-0.05, 0) is 42.8 Å². The SMILES string of the molecule is COC(=O)Cc1ccc(NC(=S)NC2CCCCCC2)cc1. The van der Waals surface area contributed by atoms with Gasteiger partial charge in [0.25, 0.3) is 0 Å². The second-order valence-electron chi connectivity index (χ2n) is 5.74. The van der Waals surface area contributed by atoms with Gasteiger partial charge in [0.05, 0.1) is 13.5 Å². The molecule has 0 bridgehead atoms. The van der Waals surface area contributed by atoms with E-state index in [0.29, 0.717) is 17.6 Å². The van der Waals surface area contributed by atoms with Crippen LogP contribution in [-0.4, -0.2) is 24.2 Å². The number of ether oxygens (including phenoxy) is 1. The number of rotatable bonds is 4. The van der Waals surface area contributed by atoms with Gasteiger partial charge in [0.15, 0.2) is 5.11 Å². The fourth-order valence-corrected chi connectivity index (χ4v) is 3.01. The Morgan fingerprint density at radius 2 is 1.82 bits per heavy atom. The Bertz CT molecular complexity index is 494. The lowest BCUT2D eigenvalue weighted by molar-refractivity contribution is -0.139. The van der Waals surface area contributed by atoms with Crippen molar-refractivity contribution in [2.24, 2.45) is 0 Å². The molecule has 0 saturated heterocycles. The monoisotopic (exact) mass is 320 g/mol. The molecule has 1 aliphatic rings. The molecule has 1 fully saturated rings. The number of nitrogens with one attached hydrogen (secondary N) is 2. The highest BCUT2D eigenvalue weighted by molar-refractivity contribution is 7.80. The van der Waals surface area contributed by atoms with Crippen molar-refractivity contribution >= 4 is 29.0 Å². The summed E-state index contributed by atoms with van der Waals surface area (Å²) in [6.45, 7) is 0. The first kappa shape index (κ1) is 16.7. The fourth-order valence-electron chi connectivity index (χ4n) is 2.72. The Kier molecular flexibility index (Phi) is 6.65. The molecule has 0 aromatic heterocycles. The van der Waals surface area contributed by atoms with Crippen LogP contribution in [0.1, 0.15) is 44.1 Å². The van der Waals surface area contributed by atoms with Crippen LogP contribution < -0.4 is 10.6 Å². The zero-order chi connectivity index (χ0) is 15.8. The van der Waals surface area contributed by atoms with Crippen molar-refractivity contribution in [2.45, 2.75) is 51.0 Å². The van der Waals surface area contributed by atoms with Crippen molar-refractivity contribution in [1.29, 1.82) is 0 Å². The van der Waals surface area contributed by atoms with E-state index in [9.17, 15) is 4.79 Å². The quantitative estimate of drug-likeness (QED) is 0.506. The summed E-state index contributed by atoms with van der Waals surface area (Å²) in [6.07, 6.45) is 7.91. The summed E-state index contributed by atoms with van der Waals surface area (Å²) in [6, 6.07) is 8.17. The van der Waals surface area contributed by atoms with E-state index in [-0.39, 0.29) is 5.97 Å². The van der Waals surface area contributed by atoms with E-state index in [2.05, 4.69) is 15.4 Å². The van der Waals surface area contributed by atoms with Gasteiger partial charge in [-0.25, -0.2) is 0 Å². The molecule has 120 valence electrons. The average Bonchev–Trinajstić information content (AvgIpc) is 2.77. The van der Waals surface area contributed by atoms with Crippen molar-refractivity contribution in [3.05, 3.63) is 29.8 Å². The van der Waals surface area contributed by atoms with E-state index in [4.69, 9.17) is 12.2 Å². The number of hydrogen-bond acceptors (Lipinski definition) is 3. The number of hydrogen-bond donors (Lipinski definition) is 2. The summed E-state index contributed by atoms with van der Waals surface area (Å²) in [5.74, 6) is -0.230. The second kappa shape index (κ2) is 8.73. The lowest BCUT2D eigenvalue weighted by Crippen LogP contribution is -2.37. The maximum atomic E-state index is 11.2. The molecule has 0 spiro atoms. The number of carbonyl (C=O) groups excluding carboxylic acids is 1. The fraction of sp³-hybridized carbons (Fsp3) is 0.529. The highest BCUT2D eigenvalue weighted by Crippen LogP contribution is 2.17. The molecule has 0 amide bonds. The minimum Gasteiger partial charge on any atom is -0.469 e. The predicted molar refractivity (Wildman–Crippen MR) is 93.0 cm³/mol.